The van der Waals surface area contributed by atoms with Crippen molar-refractivity contribution < 1.29 is 9.53 Å². The van der Waals surface area contributed by atoms with Crippen LogP contribution >= 0.6 is 11.3 Å². The molecule has 2 aliphatic heterocycles. The highest BCUT2D eigenvalue weighted by atomic mass is 32.1. The van der Waals surface area contributed by atoms with Crippen LogP contribution in [0, 0.1) is 18.3 Å². The number of amides is 1. The molecule has 0 N–H and O–H groups in total. The minimum Gasteiger partial charge on any atom is -0.381 e. The van der Waals surface area contributed by atoms with Crippen LogP contribution in [0.3, 0.4) is 0 Å². The first-order chi connectivity index (χ1) is 13.1. The Kier molecular flexibility index (Phi) is 4.31. The predicted octanol–water partition coefficient (Wildman–Crippen LogP) is 3.09. The molecule has 1 unspecified atom stereocenters. The Morgan fingerprint density at radius 1 is 1.33 bits per heavy atom. The van der Waals surface area contributed by atoms with Gasteiger partial charge in [-0.3, -0.25) is 4.79 Å². The monoisotopic (exact) mass is 386 g/mol. The van der Waals surface area contributed by atoms with E-state index in [4.69, 9.17) is 4.74 Å². The van der Waals surface area contributed by atoms with Crippen LogP contribution in [0.5, 0.6) is 0 Å². The van der Waals surface area contributed by atoms with E-state index in [-0.39, 0.29) is 17.2 Å². The number of rotatable bonds is 4. The summed E-state index contributed by atoms with van der Waals surface area (Å²) in [4.78, 5) is 17.2. The van der Waals surface area contributed by atoms with Crippen molar-refractivity contribution in [3.05, 3.63) is 34.0 Å². The predicted molar refractivity (Wildman–Crippen MR) is 103 cm³/mol. The Balaban J connectivity index is 1.45. The molecule has 1 spiro atoms. The van der Waals surface area contributed by atoms with Crippen LogP contribution in [0.1, 0.15) is 52.0 Å². The number of carbonyl (C=O) groups is 1. The third-order valence-electron chi connectivity index (χ3n) is 6.48. The van der Waals surface area contributed by atoms with Gasteiger partial charge < -0.3 is 14.2 Å². The molecule has 144 valence electrons. The van der Waals surface area contributed by atoms with E-state index in [1.807, 2.05) is 18.5 Å². The highest BCUT2D eigenvalue weighted by Crippen LogP contribution is 2.49. The van der Waals surface area contributed by atoms with Gasteiger partial charge in [0.05, 0.1) is 4.88 Å². The summed E-state index contributed by atoms with van der Waals surface area (Å²) in [7, 11) is 0. The third-order valence-corrected chi connectivity index (χ3v) is 7.47. The van der Waals surface area contributed by atoms with Crippen molar-refractivity contribution >= 4 is 17.2 Å². The van der Waals surface area contributed by atoms with Crippen LogP contribution in [0.2, 0.25) is 0 Å². The normalized spacial score (nSPS) is 24.6. The van der Waals surface area contributed by atoms with Crippen molar-refractivity contribution in [2.75, 3.05) is 26.3 Å². The second kappa shape index (κ2) is 6.71. The zero-order valence-electron chi connectivity index (χ0n) is 15.8. The van der Waals surface area contributed by atoms with E-state index < -0.39 is 0 Å². The summed E-state index contributed by atoms with van der Waals surface area (Å²) in [6.45, 7) is 6.14. The van der Waals surface area contributed by atoms with E-state index in [0.29, 0.717) is 0 Å². The number of thiophene rings is 1. The lowest BCUT2D eigenvalue weighted by Crippen LogP contribution is -2.37. The Morgan fingerprint density at radius 2 is 2.15 bits per heavy atom. The molecule has 4 heterocycles. The molecule has 27 heavy (non-hydrogen) atoms. The summed E-state index contributed by atoms with van der Waals surface area (Å²) >= 11 is 1.59. The molecule has 1 aliphatic carbocycles. The molecule has 6 nitrogen and oxygen atoms in total. The quantitative estimate of drug-likeness (QED) is 0.810. The summed E-state index contributed by atoms with van der Waals surface area (Å²) in [5, 5.41) is 8.77. The highest BCUT2D eigenvalue weighted by Gasteiger charge is 2.51. The largest absolute Gasteiger partial charge is 0.381 e. The van der Waals surface area contributed by atoms with Gasteiger partial charge in [-0.1, -0.05) is 0 Å². The number of aromatic nitrogens is 3. The van der Waals surface area contributed by atoms with Crippen LogP contribution in [0.15, 0.2) is 18.5 Å². The Morgan fingerprint density at radius 3 is 2.85 bits per heavy atom. The van der Waals surface area contributed by atoms with Gasteiger partial charge in [-0.15, -0.1) is 21.5 Å². The molecule has 0 radical (unpaired) electrons. The van der Waals surface area contributed by atoms with E-state index in [0.717, 1.165) is 62.3 Å². The maximum absolute atomic E-state index is 13.1. The van der Waals surface area contributed by atoms with Gasteiger partial charge in [0.25, 0.3) is 5.91 Å². The number of nitrogens with zero attached hydrogens (tertiary/aromatic N) is 4. The standard InChI is InChI=1S/C20H26N4O2S/c1-14-2-5-17(27-14)19(25)23-11-16(20(12-23)6-8-26-9-7-20)18-22-21-13-24(18)10-15-3-4-15/h2,5,13,15-16H,3-4,6-12H2,1H3. The van der Waals surface area contributed by atoms with Crippen LogP contribution in [-0.4, -0.2) is 51.9 Å². The van der Waals surface area contributed by atoms with Gasteiger partial charge in [0, 0.05) is 49.1 Å². The summed E-state index contributed by atoms with van der Waals surface area (Å²) in [5.74, 6) is 2.25. The van der Waals surface area contributed by atoms with E-state index in [1.165, 1.54) is 17.7 Å². The number of ether oxygens (including phenoxy) is 1. The molecule has 2 aromatic rings. The molecule has 3 fully saturated rings. The number of hydrogen-bond acceptors (Lipinski definition) is 5. The molecule has 5 rings (SSSR count). The maximum atomic E-state index is 13.1. The average molecular weight is 387 g/mol. The van der Waals surface area contributed by atoms with Crippen molar-refractivity contribution in [1.82, 2.24) is 19.7 Å². The molecule has 3 aliphatic rings. The zero-order chi connectivity index (χ0) is 18.4. The lowest BCUT2D eigenvalue weighted by molar-refractivity contribution is 0.0107. The lowest BCUT2D eigenvalue weighted by atomic mass is 9.71. The van der Waals surface area contributed by atoms with Crippen molar-refractivity contribution in [2.45, 2.75) is 45.1 Å². The first-order valence-corrected chi connectivity index (χ1v) is 10.8. The van der Waals surface area contributed by atoms with E-state index >= 15 is 0 Å². The molecule has 1 atom stereocenters. The number of carbonyl (C=O) groups excluding carboxylic acids is 1. The minimum atomic E-state index is 0.0640. The summed E-state index contributed by atoms with van der Waals surface area (Å²) in [5.41, 5.74) is 0.0640. The van der Waals surface area contributed by atoms with Gasteiger partial charge >= 0.3 is 0 Å². The summed E-state index contributed by atoms with van der Waals surface area (Å²) < 4.78 is 7.92. The van der Waals surface area contributed by atoms with Gasteiger partial charge in [0.15, 0.2) is 0 Å². The number of aryl methyl sites for hydroxylation is 1. The van der Waals surface area contributed by atoms with Gasteiger partial charge in [0.1, 0.15) is 12.2 Å². The minimum absolute atomic E-state index is 0.0640. The molecule has 2 aromatic heterocycles. The average Bonchev–Trinajstić information content (AvgIpc) is 3.03. The second-order valence-electron chi connectivity index (χ2n) is 8.41. The first-order valence-electron chi connectivity index (χ1n) is 9.96. The summed E-state index contributed by atoms with van der Waals surface area (Å²) in [6, 6.07) is 3.99. The smallest absolute Gasteiger partial charge is 0.263 e. The number of likely N-dealkylation sites (tertiary alicyclic amines) is 1. The van der Waals surface area contributed by atoms with Gasteiger partial charge in [-0.25, -0.2) is 0 Å². The van der Waals surface area contributed by atoms with Crippen LogP contribution in [0.4, 0.5) is 0 Å². The van der Waals surface area contributed by atoms with Gasteiger partial charge in [-0.2, -0.15) is 0 Å². The fourth-order valence-corrected chi connectivity index (χ4v) is 5.56. The third kappa shape index (κ3) is 3.21. The zero-order valence-corrected chi connectivity index (χ0v) is 16.6. The Bertz CT molecular complexity index is 835. The second-order valence-corrected chi connectivity index (χ2v) is 9.70. The molecular weight excluding hydrogens is 360 g/mol. The Labute approximate surface area is 163 Å². The van der Waals surface area contributed by atoms with Crippen LogP contribution in [-0.2, 0) is 11.3 Å². The SMILES string of the molecule is Cc1ccc(C(=O)N2CC(c3nncn3CC3CC3)C3(CCOCC3)C2)s1. The molecule has 1 amide bonds. The van der Waals surface area contributed by atoms with Crippen LogP contribution < -0.4 is 0 Å². The van der Waals surface area contributed by atoms with Crippen molar-refractivity contribution in [3.8, 4) is 0 Å². The Hall–Kier alpha value is -1.73. The van der Waals surface area contributed by atoms with E-state index in [9.17, 15) is 4.79 Å². The molecule has 2 saturated heterocycles. The maximum Gasteiger partial charge on any atom is 0.263 e. The molecular formula is C20H26N4O2S. The fourth-order valence-electron chi connectivity index (χ4n) is 4.72. The van der Waals surface area contributed by atoms with E-state index in [2.05, 4.69) is 26.6 Å². The molecule has 0 bridgehead atoms. The first kappa shape index (κ1) is 17.4. The fraction of sp³-hybridized carbons (Fsp3) is 0.650. The summed E-state index contributed by atoms with van der Waals surface area (Å²) in [6.07, 6.45) is 6.48. The van der Waals surface area contributed by atoms with Crippen molar-refractivity contribution in [1.29, 1.82) is 0 Å². The van der Waals surface area contributed by atoms with Gasteiger partial charge in [0.2, 0.25) is 0 Å². The van der Waals surface area contributed by atoms with Crippen LogP contribution in [0.25, 0.3) is 0 Å². The van der Waals surface area contributed by atoms with Crippen molar-refractivity contribution in [2.24, 2.45) is 11.3 Å². The molecule has 7 heteroatoms. The van der Waals surface area contributed by atoms with E-state index in [1.54, 1.807) is 11.3 Å². The number of hydrogen-bond donors (Lipinski definition) is 0. The van der Waals surface area contributed by atoms with Crippen molar-refractivity contribution in [3.63, 3.8) is 0 Å². The molecule has 0 aromatic carbocycles. The van der Waals surface area contributed by atoms with Gasteiger partial charge in [-0.05, 0) is 50.7 Å². The lowest BCUT2D eigenvalue weighted by Gasteiger charge is -2.37. The topological polar surface area (TPSA) is 60.2 Å². The molecule has 1 saturated carbocycles. The highest BCUT2D eigenvalue weighted by molar-refractivity contribution is 7.13.